The monoisotopic (exact) mass is 206 g/mol. The van der Waals surface area contributed by atoms with Crippen LogP contribution >= 0.6 is 11.8 Å². The summed E-state index contributed by atoms with van der Waals surface area (Å²) in [6, 6.07) is -0.932. The lowest BCUT2D eigenvalue weighted by Gasteiger charge is -2.11. The van der Waals surface area contributed by atoms with Crippen LogP contribution in [-0.4, -0.2) is 34.0 Å². The minimum absolute atomic E-state index is 0.205. The average molecular weight is 206 g/mol. The zero-order valence-corrected chi connectivity index (χ0v) is 8.21. The van der Waals surface area contributed by atoms with Gasteiger partial charge in [-0.05, 0) is 6.42 Å². The molecule has 13 heavy (non-hydrogen) atoms. The molecule has 0 aromatic rings. The van der Waals surface area contributed by atoms with Gasteiger partial charge >= 0.3 is 5.97 Å². The molecule has 0 aliphatic carbocycles. The van der Waals surface area contributed by atoms with Gasteiger partial charge in [0.15, 0.2) is 0 Å². The Morgan fingerprint density at radius 2 is 2.08 bits per heavy atom. The van der Waals surface area contributed by atoms with E-state index in [-0.39, 0.29) is 11.0 Å². The van der Waals surface area contributed by atoms with E-state index < -0.39 is 17.9 Å². The van der Waals surface area contributed by atoms with E-state index in [1.54, 1.807) is 0 Å². The van der Waals surface area contributed by atoms with Crippen LogP contribution in [0, 0.1) is 0 Å². The van der Waals surface area contributed by atoms with Gasteiger partial charge in [-0.2, -0.15) is 0 Å². The van der Waals surface area contributed by atoms with E-state index in [2.05, 4.69) is 0 Å². The first-order chi connectivity index (χ1) is 5.99. The summed E-state index contributed by atoms with van der Waals surface area (Å²) in [5, 5.41) is 8.11. The third-order valence-electron chi connectivity index (χ3n) is 1.48. The Morgan fingerprint density at radius 1 is 1.54 bits per heavy atom. The third-order valence-corrected chi connectivity index (χ3v) is 3.00. The Bertz CT molecular complexity index is 198. The van der Waals surface area contributed by atoms with Crippen molar-refractivity contribution in [2.45, 2.75) is 24.6 Å². The second-order valence-electron chi connectivity index (χ2n) is 2.58. The summed E-state index contributed by atoms with van der Waals surface area (Å²) in [5.74, 6) is -1.28. The Morgan fingerprint density at radius 3 is 2.38 bits per heavy atom. The van der Waals surface area contributed by atoms with E-state index in [4.69, 9.17) is 16.6 Å². The molecule has 0 fully saturated rings. The van der Waals surface area contributed by atoms with Crippen molar-refractivity contribution in [1.82, 2.24) is 0 Å². The molecule has 0 aromatic heterocycles. The molecule has 0 aliphatic rings. The summed E-state index contributed by atoms with van der Waals surface area (Å²) in [4.78, 5) is 21.0. The van der Waals surface area contributed by atoms with Crippen LogP contribution in [0.3, 0.4) is 0 Å². The number of thioether (sulfide) groups is 1. The van der Waals surface area contributed by atoms with Gasteiger partial charge in [0.05, 0.1) is 5.25 Å². The quantitative estimate of drug-likeness (QED) is 0.537. The number of hydrogen-bond donors (Lipinski definition) is 3. The number of nitrogens with two attached hydrogens (primary N) is 2. The maximum absolute atomic E-state index is 10.7. The zero-order chi connectivity index (χ0) is 10.4. The zero-order valence-electron chi connectivity index (χ0n) is 7.40. The number of carbonyl (C=O) groups excluding carboxylic acids is 1. The van der Waals surface area contributed by atoms with E-state index >= 15 is 0 Å². The van der Waals surface area contributed by atoms with Crippen LogP contribution in [0.15, 0.2) is 0 Å². The van der Waals surface area contributed by atoms with Crippen LogP contribution in [0.5, 0.6) is 0 Å². The summed E-state index contributed by atoms with van der Waals surface area (Å²) >= 11 is 1.19. The second kappa shape index (κ2) is 5.82. The fraction of sp³-hybridized carbons (Fsp3) is 0.714. The molecule has 1 amide bonds. The van der Waals surface area contributed by atoms with Gasteiger partial charge < -0.3 is 16.6 Å². The van der Waals surface area contributed by atoms with Crippen LogP contribution in [0.4, 0.5) is 0 Å². The highest BCUT2D eigenvalue weighted by Crippen LogP contribution is 2.14. The minimum Gasteiger partial charge on any atom is -0.480 e. The fourth-order valence-electron chi connectivity index (χ4n) is 0.692. The number of aliphatic carboxylic acids is 1. The molecule has 1 unspecified atom stereocenters. The molecule has 76 valence electrons. The van der Waals surface area contributed by atoms with Gasteiger partial charge in [0.1, 0.15) is 6.04 Å². The van der Waals surface area contributed by atoms with Gasteiger partial charge in [0.25, 0.3) is 0 Å². The molecule has 2 atom stereocenters. The lowest BCUT2D eigenvalue weighted by atomic mass is 10.3. The van der Waals surface area contributed by atoms with Crippen LogP contribution in [0.1, 0.15) is 13.3 Å². The van der Waals surface area contributed by atoms with Crippen molar-refractivity contribution in [3.8, 4) is 0 Å². The topological polar surface area (TPSA) is 106 Å². The maximum atomic E-state index is 10.7. The fourth-order valence-corrected chi connectivity index (χ4v) is 1.67. The molecule has 5 nitrogen and oxygen atoms in total. The molecular formula is C7H14N2O3S. The highest BCUT2D eigenvalue weighted by Gasteiger charge is 2.18. The molecule has 0 aromatic carbocycles. The third kappa shape index (κ3) is 4.74. The predicted octanol–water partition coefficient (Wildman–Crippen LogP) is -0.605. The lowest BCUT2D eigenvalue weighted by molar-refractivity contribution is -0.138. The largest absolute Gasteiger partial charge is 0.480 e. The number of carboxylic acid groups (broad SMARTS) is 1. The Hall–Kier alpha value is -0.750. The van der Waals surface area contributed by atoms with Crippen molar-refractivity contribution in [1.29, 1.82) is 0 Å². The second-order valence-corrected chi connectivity index (χ2v) is 3.81. The Balaban J connectivity index is 3.85. The summed E-state index contributed by atoms with van der Waals surface area (Å²) in [6.45, 7) is 1.81. The van der Waals surface area contributed by atoms with Crippen molar-refractivity contribution < 1.29 is 14.7 Å². The van der Waals surface area contributed by atoms with E-state index in [9.17, 15) is 9.59 Å². The smallest absolute Gasteiger partial charge is 0.321 e. The van der Waals surface area contributed by atoms with Gasteiger partial charge in [-0.25, -0.2) is 0 Å². The Kier molecular flexibility index (Phi) is 5.48. The normalized spacial score (nSPS) is 14.9. The molecule has 0 bridgehead atoms. The highest BCUT2D eigenvalue weighted by molar-refractivity contribution is 8.00. The molecule has 0 radical (unpaired) electrons. The van der Waals surface area contributed by atoms with Crippen LogP contribution < -0.4 is 11.5 Å². The summed E-state index contributed by atoms with van der Waals surface area (Å²) in [6.07, 6.45) is 0.590. The first kappa shape index (κ1) is 12.2. The average Bonchev–Trinajstić information content (AvgIpc) is 2.04. The standard InChI is InChI=1S/C7H14N2O3S/c1-2-5(6(9)10)13-3-4(8)7(11)12/h4-5H,2-3,8H2,1H3,(H2,9,10)(H,11,12)/t4-,5?/m0/s1. The van der Waals surface area contributed by atoms with Crippen molar-refractivity contribution in [2.24, 2.45) is 11.5 Å². The van der Waals surface area contributed by atoms with Gasteiger partial charge in [-0.15, -0.1) is 11.8 Å². The number of carboxylic acids is 1. The van der Waals surface area contributed by atoms with Crippen LogP contribution in [0.25, 0.3) is 0 Å². The number of amides is 1. The molecule has 6 heteroatoms. The van der Waals surface area contributed by atoms with Crippen molar-refractivity contribution in [3.05, 3.63) is 0 Å². The van der Waals surface area contributed by atoms with Gasteiger partial charge in [-0.1, -0.05) is 6.92 Å². The van der Waals surface area contributed by atoms with Gasteiger partial charge in [0, 0.05) is 5.75 Å². The predicted molar refractivity (Wildman–Crippen MR) is 51.3 cm³/mol. The minimum atomic E-state index is -1.06. The SMILES string of the molecule is CCC(SC[C@H](N)C(=O)O)C(N)=O. The van der Waals surface area contributed by atoms with Crippen molar-refractivity contribution >= 4 is 23.6 Å². The van der Waals surface area contributed by atoms with E-state index in [1.807, 2.05) is 6.92 Å². The van der Waals surface area contributed by atoms with E-state index in [0.29, 0.717) is 6.42 Å². The summed E-state index contributed by atoms with van der Waals surface area (Å²) < 4.78 is 0. The molecular weight excluding hydrogens is 192 g/mol. The number of primary amides is 1. The summed E-state index contributed by atoms with van der Waals surface area (Å²) in [7, 11) is 0. The molecule has 5 N–H and O–H groups in total. The number of rotatable bonds is 6. The maximum Gasteiger partial charge on any atom is 0.321 e. The van der Waals surface area contributed by atoms with Crippen molar-refractivity contribution in [2.75, 3.05) is 5.75 Å². The molecule has 0 saturated carbocycles. The molecule has 0 rings (SSSR count). The Labute approximate surface area is 80.8 Å². The van der Waals surface area contributed by atoms with Crippen LogP contribution in [-0.2, 0) is 9.59 Å². The van der Waals surface area contributed by atoms with E-state index in [1.165, 1.54) is 11.8 Å². The highest BCUT2D eigenvalue weighted by atomic mass is 32.2. The van der Waals surface area contributed by atoms with E-state index in [0.717, 1.165) is 0 Å². The first-order valence-corrected chi connectivity index (χ1v) is 4.93. The number of hydrogen-bond acceptors (Lipinski definition) is 4. The van der Waals surface area contributed by atoms with Gasteiger partial charge in [0.2, 0.25) is 5.91 Å². The van der Waals surface area contributed by atoms with Crippen LogP contribution in [0.2, 0.25) is 0 Å². The van der Waals surface area contributed by atoms with Crippen molar-refractivity contribution in [3.63, 3.8) is 0 Å². The first-order valence-electron chi connectivity index (χ1n) is 3.88. The molecule has 0 aliphatic heterocycles. The molecule has 0 saturated heterocycles. The number of carbonyl (C=O) groups is 2. The van der Waals surface area contributed by atoms with Gasteiger partial charge in [-0.3, -0.25) is 9.59 Å². The molecule has 0 spiro atoms. The summed E-state index contributed by atoms with van der Waals surface area (Å²) in [5.41, 5.74) is 10.3. The molecule has 0 heterocycles. The lowest BCUT2D eigenvalue weighted by Crippen LogP contribution is -2.35.